The number of benzene rings is 3. The number of nitrogens with zero attached hydrogens (tertiary/aromatic N) is 2. The Hall–Kier alpha value is -4.69. The quantitative estimate of drug-likeness (QED) is 0.0556. The highest BCUT2D eigenvalue weighted by molar-refractivity contribution is 8.72. The van der Waals surface area contributed by atoms with Crippen molar-refractivity contribution in [2.24, 2.45) is 0 Å². The van der Waals surface area contributed by atoms with Crippen LogP contribution in [-0.4, -0.2) is 60.1 Å². The van der Waals surface area contributed by atoms with Crippen molar-refractivity contribution in [3.8, 4) is 5.75 Å². The highest BCUT2D eigenvalue weighted by atomic mass is 33.1. The molecule has 0 spiro atoms. The maximum absolute atomic E-state index is 13.5. The van der Waals surface area contributed by atoms with E-state index in [1.54, 1.807) is 55.5 Å². The molecule has 4 rings (SSSR count). The van der Waals surface area contributed by atoms with E-state index >= 15 is 0 Å². The Balaban J connectivity index is 1.61. The van der Waals surface area contributed by atoms with Gasteiger partial charge in [0.1, 0.15) is 17.2 Å². The van der Waals surface area contributed by atoms with Gasteiger partial charge in [-0.15, -0.1) is 0 Å². The molecule has 1 N–H and O–H groups in total. The third-order valence-corrected chi connectivity index (χ3v) is 10.2. The minimum absolute atomic E-state index is 0.0585. The van der Waals surface area contributed by atoms with E-state index in [-0.39, 0.29) is 16.0 Å². The van der Waals surface area contributed by atoms with Crippen LogP contribution in [-0.2, 0) is 28.0 Å². The van der Waals surface area contributed by atoms with Gasteiger partial charge in [-0.2, -0.15) is 0 Å². The molecule has 3 aromatic carbocycles. The van der Waals surface area contributed by atoms with Gasteiger partial charge in [0.05, 0.1) is 15.4 Å². The van der Waals surface area contributed by atoms with Crippen LogP contribution in [0.25, 0.3) is 0 Å². The number of likely N-dealkylation sites (tertiary alicyclic amines) is 1. The van der Waals surface area contributed by atoms with Crippen molar-refractivity contribution >= 4 is 37.4 Å². The normalized spacial score (nSPS) is 17.5. The first kappa shape index (κ1) is 32.2. The molecule has 0 radical (unpaired) electrons. The number of rotatable bonds is 13. The van der Waals surface area contributed by atoms with Gasteiger partial charge in [0.2, 0.25) is 14.8 Å². The van der Waals surface area contributed by atoms with Crippen LogP contribution in [0.3, 0.4) is 0 Å². The van der Waals surface area contributed by atoms with E-state index in [0.717, 1.165) is 10.5 Å². The Morgan fingerprint density at radius 1 is 1.05 bits per heavy atom. The molecule has 0 aromatic heterocycles. The van der Waals surface area contributed by atoms with Crippen LogP contribution in [0.1, 0.15) is 24.3 Å². The molecule has 0 bridgehead atoms. The van der Waals surface area contributed by atoms with E-state index in [9.17, 15) is 32.9 Å². The van der Waals surface area contributed by atoms with Crippen LogP contribution < -0.4 is 10.1 Å². The number of β-lactam (4-membered cyclic amide) rings is 1. The second kappa shape index (κ2) is 13.7. The fraction of sp³-hybridized carbons (Fsp3) is 0.233. The average molecular weight is 640 g/mol. The first-order chi connectivity index (χ1) is 20.9. The van der Waals surface area contributed by atoms with Crippen molar-refractivity contribution < 1.29 is 37.2 Å². The summed E-state index contributed by atoms with van der Waals surface area (Å²) in [5.74, 6) is -2.30. The number of nitro groups is 1. The van der Waals surface area contributed by atoms with E-state index in [4.69, 9.17) is 9.47 Å². The van der Waals surface area contributed by atoms with Gasteiger partial charge < -0.3 is 19.7 Å². The maximum Gasteiger partial charge on any atom is 0.382 e. The zero-order valence-electron chi connectivity index (χ0n) is 23.7. The van der Waals surface area contributed by atoms with Gasteiger partial charge in [-0.1, -0.05) is 60.7 Å². The molecule has 0 aliphatic carbocycles. The summed E-state index contributed by atoms with van der Waals surface area (Å²) >= 11 is 0. The summed E-state index contributed by atoms with van der Waals surface area (Å²) in [6.07, 6.45) is -1.89. The van der Waals surface area contributed by atoms with E-state index in [1.165, 1.54) is 43.3 Å². The molecule has 1 fully saturated rings. The van der Waals surface area contributed by atoms with Crippen LogP contribution in [0, 0.1) is 17.0 Å². The number of ether oxygens (including phenoxy) is 2. The first-order valence-electron chi connectivity index (χ1n) is 13.2. The number of para-hydroxylation sites is 1. The Morgan fingerprint density at radius 2 is 1.64 bits per heavy atom. The highest BCUT2D eigenvalue weighted by Gasteiger charge is 2.56. The standard InChI is InChI=1S/C30H29N3O9S2/c1-19(2)26(30(36)42-28(33(37)38)21-10-6-4-7-11-21)32-27(35)25(31-24(34)18-41-22-12-8-5-9-13-22)29(32)43-44(39,40)23-16-14-20(3)15-17-23/h4-17,25-26,28-29H,1,18H2,2-3H3,(H,31,34). The second-order valence-electron chi connectivity index (χ2n) is 9.88. The number of carbonyl (C=O) groups is 3. The van der Waals surface area contributed by atoms with Crippen molar-refractivity contribution in [3.63, 3.8) is 0 Å². The van der Waals surface area contributed by atoms with Gasteiger partial charge in [0, 0.05) is 10.8 Å². The Bertz CT molecular complexity index is 1650. The largest absolute Gasteiger partial charge is 0.484 e. The summed E-state index contributed by atoms with van der Waals surface area (Å²) in [7, 11) is -3.78. The lowest BCUT2D eigenvalue weighted by Crippen LogP contribution is -2.73. The molecule has 1 aliphatic heterocycles. The van der Waals surface area contributed by atoms with Crippen LogP contribution >= 0.6 is 10.8 Å². The molecule has 1 heterocycles. The van der Waals surface area contributed by atoms with Crippen molar-refractivity contribution in [3.05, 3.63) is 118 Å². The molecule has 14 heteroatoms. The molecule has 4 unspecified atom stereocenters. The zero-order valence-corrected chi connectivity index (χ0v) is 25.3. The number of amides is 2. The molecule has 3 aromatic rings. The fourth-order valence-corrected chi connectivity index (χ4v) is 7.85. The molecular weight excluding hydrogens is 610 g/mol. The summed E-state index contributed by atoms with van der Waals surface area (Å²) in [5.41, 5.74) is 0.966. The van der Waals surface area contributed by atoms with Gasteiger partial charge in [0.15, 0.2) is 12.6 Å². The number of esters is 1. The van der Waals surface area contributed by atoms with E-state index in [2.05, 4.69) is 11.9 Å². The van der Waals surface area contributed by atoms with E-state index in [0.29, 0.717) is 16.5 Å². The predicted octanol–water partition coefficient (Wildman–Crippen LogP) is 3.61. The second-order valence-corrected chi connectivity index (χ2v) is 13.8. The van der Waals surface area contributed by atoms with Crippen LogP contribution in [0.15, 0.2) is 102 Å². The molecule has 44 heavy (non-hydrogen) atoms. The lowest BCUT2D eigenvalue weighted by molar-refractivity contribution is -0.576. The summed E-state index contributed by atoms with van der Waals surface area (Å²) in [4.78, 5) is 51.5. The average Bonchev–Trinajstić information content (AvgIpc) is 3.00. The van der Waals surface area contributed by atoms with Gasteiger partial charge in [-0.25, -0.2) is 13.2 Å². The number of hydrogen-bond acceptors (Lipinski definition) is 10. The maximum atomic E-state index is 13.5. The number of nitrogens with one attached hydrogen (secondary N) is 1. The van der Waals surface area contributed by atoms with Crippen LogP contribution in [0.5, 0.6) is 5.75 Å². The molecule has 230 valence electrons. The minimum Gasteiger partial charge on any atom is -0.484 e. The monoisotopic (exact) mass is 639 g/mol. The predicted molar refractivity (Wildman–Crippen MR) is 161 cm³/mol. The molecule has 12 nitrogen and oxygen atoms in total. The molecule has 0 saturated carbocycles. The molecular formula is C30H29N3O9S2. The van der Waals surface area contributed by atoms with Gasteiger partial charge in [-0.3, -0.25) is 19.7 Å². The highest BCUT2D eigenvalue weighted by Crippen LogP contribution is 2.40. The zero-order chi connectivity index (χ0) is 32.0. The van der Waals surface area contributed by atoms with Crippen molar-refractivity contribution in [1.82, 2.24) is 10.2 Å². The van der Waals surface area contributed by atoms with E-state index in [1.807, 2.05) is 0 Å². The van der Waals surface area contributed by atoms with Gasteiger partial charge in [0.25, 0.3) is 5.91 Å². The van der Waals surface area contributed by atoms with Gasteiger partial charge in [-0.05, 0) is 55.8 Å². The molecule has 1 saturated heterocycles. The molecule has 2 amide bonds. The summed E-state index contributed by atoms with van der Waals surface area (Å²) in [6, 6.07) is 19.0. The minimum atomic E-state index is -4.13. The fourth-order valence-electron chi connectivity index (χ4n) is 4.34. The number of carbonyl (C=O) groups excluding carboxylic acids is 3. The third kappa shape index (κ3) is 7.44. The topological polar surface area (TPSA) is 162 Å². The lowest BCUT2D eigenvalue weighted by atomic mass is 9.99. The third-order valence-electron chi connectivity index (χ3n) is 6.52. The van der Waals surface area contributed by atoms with Gasteiger partial charge >= 0.3 is 12.2 Å². The van der Waals surface area contributed by atoms with Crippen molar-refractivity contribution in [2.75, 3.05) is 6.61 Å². The van der Waals surface area contributed by atoms with Crippen LogP contribution in [0.2, 0.25) is 0 Å². The van der Waals surface area contributed by atoms with Crippen LogP contribution in [0.4, 0.5) is 0 Å². The summed E-state index contributed by atoms with van der Waals surface area (Å²) < 4.78 is 37.5. The first-order valence-corrected chi connectivity index (χ1v) is 16.1. The van der Waals surface area contributed by atoms with Crippen molar-refractivity contribution in [2.45, 2.75) is 42.4 Å². The number of aryl methyl sites for hydroxylation is 1. The Kier molecular flexibility index (Phi) is 10.1. The van der Waals surface area contributed by atoms with Crippen molar-refractivity contribution in [1.29, 1.82) is 0 Å². The summed E-state index contributed by atoms with van der Waals surface area (Å²) in [5, 5.41) is 13.0. The number of hydrogen-bond donors (Lipinski definition) is 1. The lowest BCUT2D eigenvalue weighted by Gasteiger charge is -2.49. The molecule has 4 atom stereocenters. The molecule has 1 aliphatic rings. The SMILES string of the molecule is C=C(C)C(C(=O)OC(c1ccccc1)[N+](=O)[O-])N1C(=O)C(NC(=O)COc2ccccc2)C1SS(=O)(=O)c1ccc(C)cc1. The Labute approximate surface area is 257 Å². The summed E-state index contributed by atoms with van der Waals surface area (Å²) in [6.45, 7) is 6.48. The smallest absolute Gasteiger partial charge is 0.382 e. The van der Waals surface area contributed by atoms with E-state index < -0.39 is 61.9 Å². The Morgan fingerprint density at radius 3 is 2.20 bits per heavy atom.